The fraction of sp³-hybridized carbons (Fsp3) is 0.214. The monoisotopic (exact) mass is 439 g/mol. The number of benzene rings is 3. The first kappa shape index (κ1) is 22.2. The van der Waals surface area contributed by atoms with Gasteiger partial charge in [0, 0.05) is 30.9 Å². The summed E-state index contributed by atoms with van der Waals surface area (Å²) >= 11 is 0. The van der Waals surface area contributed by atoms with Gasteiger partial charge in [0.1, 0.15) is 6.61 Å². The molecule has 0 heterocycles. The number of nitrogens with one attached hydrogen (secondary N) is 1. The van der Waals surface area contributed by atoms with Gasteiger partial charge in [0.25, 0.3) is 0 Å². The molecular weight excluding hydrogens is 414 g/mol. The minimum atomic E-state index is -0.814. The van der Waals surface area contributed by atoms with E-state index < -0.39 is 12.1 Å². The number of amides is 1. The van der Waals surface area contributed by atoms with E-state index in [1.165, 1.54) is 22.3 Å². The maximum Gasteiger partial charge on any atom is 0.407 e. The fourth-order valence-corrected chi connectivity index (χ4v) is 4.10. The number of alkyl carbamates (subject to hydrolysis) is 1. The van der Waals surface area contributed by atoms with Crippen molar-refractivity contribution >= 4 is 12.1 Å². The van der Waals surface area contributed by atoms with Crippen LogP contribution in [0.3, 0.4) is 0 Å². The molecule has 0 radical (unpaired) electrons. The molecule has 0 aromatic heterocycles. The summed E-state index contributed by atoms with van der Waals surface area (Å²) in [6, 6.07) is 24.0. The second-order valence-corrected chi connectivity index (χ2v) is 7.90. The molecule has 0 fully saturated rings. The van der Waals surface area contributed by atoms with Crippen molar-refractivity contribution in [3.05, 3.63) is 95.1 Å². The number of carboxylic acids is 1. The Morgan fingerprint density at radius 1 is 0.939 bits per heavy atom. The molecule has 2 N–H and O–H groups in total. The van der Waals surface area contributed by atoms with E-state index in [0.717, 1.165) is 11.1 Å². The van der Waals surface area contributed by atoms with E-state index in [0.29, 0.717) is 19.4 Å². The van der Waals surface area contributed by atoms with E-state index in [1.54, 1.807) is 0 Å². The molecule has 0 atom stereocenters. The number of ether oxygens (including phenoxy) is 1. The van der Waals surface area contributed by atoms with Crippen LogP contribution in [0.15, 0.2) is 72.8 Å². The van der Waals surface area contributed by atoms with E-state index in [2.05, 4.69) is 41.4 Å². The summed E-state index contributed by atoms with van der Waals surface area (Å²) in [5.41, 5.74) is 6.54. The zero-order chi connectivity index (χ0) is 23.0. The third kappa shape index (κ3) is 5.61. The molecule has 4 rings (SSSR count). The highest BCUT2D eigenvalue weighted by molar-refractivity contribution is 5.79. The number of carbonyl (C=O) groups is 2. The van der Waals surface area contributed by atoms with E-state index >= 15 is 0 Å². The van der Waals surface area contributed by atoms with Crippen LogP contribution in [0, 0.1) is 11.8 Å². The maximum absolute atomic E-state index is 12.2. The van der Waals surface area contributed by atoms with E-state index in [1.807, 2.05) is 48.5 Å². The van der Waals surface area contributed by atoms with Gasteiger partial charge < -0.3 is 15.2 Å². The molecule has 0 spiro atoms. The number of hydrogen-bond acceptors (Lipinski definition) is 3. The number of hydrogen-bond donors (Lipinski definition) is 2. The van der Waals surface area contributed by atoms with Gasteiger partial charge in [0.15, 0.2) is 0 Å². The van der Waals surface area contributed by atoms with Gasteiger partial charge in [-0.15, -0.1) is 0 Å². The highest BCUT2D eigenvalue weighted by Crippen LogP contribution is 2.44. The van der Waals surface area contributed by atoms with Gasteiger partial charge in [0.05, 0.1) is 0 Å². The van der Waals surface area contributed by atoms with Crippen molar-refractivity contribution in [3.63, 3.8) is 0 Å². The van der Waals surface area contributed by atoms with Crippen LogP contribution >= 0.6 is 0 Å². The highest BCUT2D eigenvalue weighted by Gasteiger charge is 2.28. The predicted octanol–water partition coefficient (Wildman–Crippen LogP) is 4.98. The number of carbonyl (C=O) groups excluding carboxylic acids is 1. The Morgan fingerprint density at radius 2 is 1.64 bits per heavy atom. The number of carboxylic acid groups (broad SMARTS) is 1. The lowest BCUT2D eigenvalue weighted by atomic mass is 9.98. The lowest BCUT2D eigenvalue weighted by Crippen LogP contribution is -2.26. The molecule has 0 aliphatic heterocycles. The van der Waals surface area contributed by atoms with Crippen LogP contribution in [0.25, 0.3) is 11.1 Å². The van der Waals surface area contributed by atoms with Crippen LogP contribution in [0.1, 0.15) is 41.0 Å². The topological polar surface area (TPSA) is 75.6 Å². The van der Waals surface area contributed by atoms with Crippen molar-refractivity contribution in [1.29, 1.82) is 0 Å². The first-order chi connectivity index (χ1) is 16.1. The Hall–Kier alpha value is -4.04. The van der Waals surface area contributed by atoms with Crippen LogP contribution in [-0.4, -0.2) is 30.3 Å². The zero-order valence-corrected chi connectivity index (χ0v) is 18.2. The molecule has 5 nitrogen and oxygen atoms in total. The average Bonchev–Trinajstić information content (AvgIpc) is 3.15. The molecule has 1 aliphatic rings. The molecular formula is C28H25NO4. The van der Waals surface area contributed by atoms with Gasteiger partial charge in [-0.2, -0.15) is 0 Å². The molecule has 1 aliphatic carbocycles. The molecule has 0 unspecified atom stereocenters. The summed E-state index contributed by atoms with van der Waals surface area (Å²) in [7, 11) is 0. The fourth-order valence-electron chi connectivity index (χ4n) is 4.10. The first-order valence-corrected chi connectivity index (χ1v) is 11.0. The molecule has 33 heavy (non-hydrogen) atoms. The standard InChI is InChI=1S/C28H25NO4/c30-27(31)16-15-21-10-7-9-20(18-21)8-5-6-17-29-28(32)33-19-26-24-13-3-1-11-22(24)23-12-2-4-14-25(23)26/h1-4,7,9-14,18,26H,6,15-17,19H2,(H,29,32)(H,30,31). The SMILES string of the molecule is O=C(O)CCc1cccc(C#CCCNC(=O)OCC2c3ccccc3-c3ccccc32)c1. The Bertz CT molecular complexity index is 1180. The van der Waals surface area contributed by atoms with Crippen LogP contribution in [0.4, 0.5) is 4.79 Å². The second kappa shape index (κ2) is 10.5. The summed E-state index contributed by atoms with van der Waals surface area (Å²) < 4.78 is 5.52. The summed E-state index contributed by atoms with van der Waals surface area (Å²) in [6.07, 6.45) is 0.618. The molecule has 0 bridgehead atoms. The quantitative estimate of drug-likeness (QED) is 0.402. The Morgan fingerprint density at radius 3 is 2.33 bits per heavy atom. The second-order valence-electron chi connectivity index (χ2n) is 7.90. The number of aryl methyl sites for hydroxylation is 1. The first-order valence-electron chi connectivity index (χ1n) is 11.0. The minimum Gasteiger partial charge on any atom is -0.481 e. The van der Waals surface area contributed by atoms with E-state index in [9.17, 15) is 9.59 Å². The Balaban J connectivity index is 1.25. The third-order valence-electron chi connectivity index (χ3n) is 5.65. The predicted molar refractivity (Wildman–Crippen MR) is 127 cm³/mol. The van der Waals surface area contributed by atoms with Gasteiger partial charge in [-0.05, 0) is 46.4 Å². The Kier molecular flexibility index (Phi) is 7.06. The highest BCUT2D eigenvalue weighted by atomic mass is 16.5. The normalized spacial score (nSPS) is 11.6. The average molecular weight is 440 g/mol. The largest absolute Gasteiger partial charge is 0.481 e. The molecule has 1 amide bonds. The van der Waals surface area contributed by atoms with Gasteiger partial charge in [0.2, 0.25) is 0 Å². The van der Waals surface area contributed by atoms with Gasteiger partial charge in [-0.1, -0.05) is 72.5 Å². The van der Waals surface area contributed by atoms with Crippen molar-refractivity contribution in [2.24, 2.45) is 0 Å². The van der Waals surface area contributed by atoms with Crippen LogP contribution in [0.5, 0.6) is 0 Å². The molecule has 5 heteroatoms. The van der Waals surface area contributed by atoms with Gasteiger partial charge >= 0.3 is 12.1 Å². The summed E-state index contributed by atoms with van der Waals surface area (Å²) in [5, 5.41) is 11.6. The van der Waals surface area contributed by atoms with Crippen molar-refractivity contribution in [2.45, 2.75) is 25.2 Å². The molecule has 166 valence electrons. The number of rotatable bonds is 7. The zero-order valence-electron chi connectivity index (χ0n) is 18.2. The lowest BCUT2D eigenvalue weighted by molar-refractivity contribution is -0.136. The van der Waals surface area contributed by atoms with Gasteiger partial charge in [-0.25, -0.2) is 4.79 Å². The van der Waals surface area contributed by atoms with Crippen molar-refractivity contribution in [3.8, 4) is 23.0 Å². The van der Waals surface area contributed by atoms with Crippen LogP contribution in [-0.2, 0) is 16.0 Å². The van der Waals surface area contributed by atoms with Gasteiger partial charge in [-0.3, -0.25) is 4.79 Å². The lowest BCUT2D eigenvalue weighted by Gasteiger charge is -2.14. The molecule has 0 saturated heterocycles. The number of aliphatic carboxylic acids is 1. The summed E-state index contributed by atoms with van der Waals surface area (Å²) in [6.45, 7) is 0.678. The minimum absolute atomic E-state index is 0.0383. The van der Waals surface area contributed by atoms with E-state index in [-0.39, 0.29) is 18.9 Å². The Labute approximate surface area is 193 Å². The van der Waals surface area contributed by atoms with Crippen molar-refractivity contribution < 1.29 is 19.4 Å². The smallest absolute Gasteiger partial charge is 0.407 e. The molecule has 0 saturated carbocycles. The van der Waals surface area contributed by atoms with Crippen molar-refractivity contribution in [1.82, 2.24) is 5.32 Å². The van der Waals surface area contributed by atoms with Crippen LogP contribution < -0.4 is 5.32 Å². The molecule has 3 aromatic rings. The summed E-state index contributed by atoms with van der Waals surface area (Å²) in [4.78, 5) is 22.9. The third-order valence-corrected chi connectivity index (χ3v) is 5.65. The van der Waals surface area contributed by atoms with E-state index in [4.69, 9.17) is 9.84 Å². The van der Waals surface area contributed by atoms with Crippen LogP contribution in [0.2, 0.25) is 0 Å². The number of fused-ring (bicyclic) bond motifs is 3. The summed E-state index contributed by atoms with van der Waals surface area (Å²) in [5.74, 6) is 5.32. The van der Waals surface area contributed by atoms with Crippen molar-refractivity contribution in [2.75, 3.05) is 13.2 Å². The maximum atomic E-state index is 12.2. The molecule has 3 aromatic carbocycles.